The average Bonchev–Trinajstić information content (AvgIpc) is 3.11. The van der Waals surface area contributed by atoms with Gasteiger partial charge in [-0.05, 0) is 47.5 Å². The number of rotatable bonds is 8. The molecule has 4 rings (SSSR count). The van der Waals surface area contributed by atoms with Crippen LogP contribution in [0.3, 0.4) is 0 Å². The first-order valence-electron chi connectivity index (χ1n) is 10.1. The second-order valence-corrected chi connectivity index (χ2v) is 7.69. The van der Waals surface area contributed by atoms with Gasteiger partial charge in [0, 0.05) is 13.3 Å². The molecule has 0 bridgehead atoms. The Morgan fingerprint density at radius 2 is 1.74 bits per heavy atom. The molecule has 11 heteroatoms. The zero-order valence-corrected chi connectivity index (χ0v) is 18.6. The van der Waals surface area contributed by atoms with Crippen LogP contribution in [0.1, 0.15) is 0 Å². The largest absolute Gasteiger partial charge is 0.573 e. The van der Waals surface area contributed by atoms with Crippen molar-refractivity contribution in [1.82, 2.24) is 14.2 Å². The van der Waals surface area contributed by atoms with Crippen LogP contribution in [0.2, 0.25) is 5.02 Å². The van der Waals surface area contributed by atoms with Crippen LogP contribution in [0.4, 0.5) is 13.2 Å². The Kier molecular flexibility index (Phi) is 6.80. The van der Waals surface area contributed by atoms with Crippen LogP contribution >= 0.6 is 11.6 Å². The molecule has 0 N–H and O–H groups in total. The summed E-state index contributed by atoms with van der Waals surface area (Å²) in [6.45, 7) is 0.290. The van der Waals surface area contributed by atoms with Crippen molar-refractivity contribution in [3.05, 3.63) is 82.4 Å². The second kappa shape index (κ2) is 9.78. The van der Waals surface area contributed by atoms with Crippen LogP contribution in [0.15, 0.2) is 71.7 Å². The number of hydrogen-bond acceptors (Lipinski definition) is 5. The molecule has 0 aliphatic heterocycles. The number of hydrogen-bond donors (Lipinski definition) is 0. The predicted octanol–water partition coefficient (Wildman–Crippen LogP) is 4.81. The number of aromatic nitrogens is 3. The number of nitrogens with zero attached hydrogens (tertiary/aromatic N) is 3. The summed E-state index contributed by atoms with van der Waals surface area (Å²) in [5, 5.41) is 4.79. The standard InChI is InChI=1S/C23H19ClF3N3O4/c1-32-18(14-33-20-5-3-2-4-19(20)24)13-30-22(31)29-12-16(8-11-21(29)28-30)15-6-9-17(10-7-15)34-23(25,26)27/h2-12,18H,13-14H2,1H3. The Bertz CT molecular complexity index is 1340. The number of ether oxygens (including phenoxy) is 3. The van der Waals surface area contributed by atoms with Gasteiger partial charge in [-0.25, -0.2) is 13.9 Å². The van der Waals surface area contributed by atoms with Crippen LogP contribution < -0.4 is 15.2 Å². The third kappa shape index (κ3) is 5.52. The van der Waals surface area contributed by atoms with Crippen molar-refractivity contribution >= 4 is 17.2 Å². The monoisotopic (exact) mass is 493 g/mol. The van der Waals surface area contributed by atoms with Gasteiger partial charge in [0.25, 0.3) is 0 Å². The molecule has 4 aromatic rings. The fourth-order valence-electron chi connectivity index (χ4n) is 3.29. The van der Waals surface area contributed by atoms with Crippen molar-refractivity contribution < 1.29 is 27.4 Å². The first-order valence-corrected chi connectivity index (χ1v) is 10.5. The van der Waals surface area contributed by atoms with Crippen LogP contribution in [0.5, 0.6) is 11.5 Å². The summed E-state index contributed by atoms with van der Waals surface area (Å²) in [6.07, 6.45) is -3.66. The minimum atomic E-state index is -4.76. The molecule has 0 radical (unpaired) electrons. The maximum Gasteiger partial charge on any atom is 0.573 e. The lowest BCUT2D eigenvalue weighted by molar-refractivity contribution is -0.274. The van der Waals surface area contributed by atoms with Crippen LogP contribution in [0.25, 0.3) is 16.8 Å². The minimum absolute atomic E-state index is 0.139. The number of para-hydroxylation sites is 1. The molecule has 1 unspecified atom stereocenters. The molecule has 0 spiro atoms. The average molecular weight is 494 g/mol. The summed E-state index contributed by atoms with van der Waals surface area (Å²) < 4.78 is 54.7. The predicted molar refractivity (Wildman–Crippen MR) is 119 cm³/mol. The number of benzene rings is 2. The van der Waals surface area contributed by atoms with Crippen molar-refractivity contribution in [2.75, 3.05) is 13.7 Å². The molecule has 1 atom stereocenters. The molecule has 0 amide bonds. The van der Waals surface area contributed by atoms with E-state index >= 15 is 0 Å². The summed E-state index contributed by atoms with van der Waals surface area (Å²) in [4.78, 5) is 12.9. The van der Waals surface area contributed by atoms with Gasteiger partial charge in [0.2, 0.25) is 0 Å². The van der Waals surface area contributed by atoms with Crippen molar-refractivity contribution in [2.45, 2.75) is 19.0 Å². The van der Waals surface area contributed by atoms with E-state index in [2.05, 4.69) is 9.84 Å². The Balaban J connectivity index is 1.51. The van der Waals surface area contributed by atoms with Gasteiger partial charge in [0.15, 0.2) is 5.65 Å². The summed E-state index contributed by atoms with van der Waals surface area (Å²) >= 11 is 6.10. The van der Waals surface area contributed by atoms with Gasteiger partial charge in [-0.15, -0.1) is 18.3 Å². The molecular formula is C23H19ClF3N3O4. The van der Waals surface area contributed by atoms with E-state index in [4.69, 9.17) is 21.1 Å². The highest BCUT2D eigenvalue weighted by molar-refractivity contribution is 6.32. The van der Waals surface area contributed by atoms with E-state index in [-0.39, 0.29) is 18.9 Å². The van der Waals surface area contributed by atoms with Gasteiger partial charge in [0.05, 0.1) is 11.6 Å². The van der Waals surface area contributed by atoms with Gasteiger partial charge in [-0.3, -0.25) is 0 Å². The van der Waals surface area contributed by atoms with Crippen LogP contribution in [-0.4, -0.2) is 40.4 Å². The van der Waals surface area contributed by atoms with E-state index in [0.29, 0.717) is 27.5 Å². The number of fused-ring (bicyclic) bond motifs is 1. The van der Waals surface area contributed by atoms with Gasteiger partial charge in [-0.1, -0.05) is 35.9 Å². The van der Waals surface area contributed by atoms with E-state index < -0.39 is 18.2 Å². The van der Waals surface area contributed by atoms with Crippen LogP contribution in [-0.2, 0) is 11.3 Å². The van der Waals surface area contributed by atoms with E-state index in [1.165, 1.54) is 40.5 Å². The second-order valence-electron chi connectivity index (χ2n) is 7.28. The summed E-state index contributed by atoms with van der Waals surface area (Å²) in [5.74, 6) is 0.178. The summed E-state index contributed by atoms with van der Waals surface area (Å²) in [5.41, 5.74) is 1.25. The SMILES string of the molecule is COC(COc1ccccc1Cl)Cn1nc2ccc(-c3ccc(OC(F)(F)F)cc3)cn2c1=O. The van der Waals surface area contributed by atoms with Crippen molar-refractivity contribution in [3.8, 4) is 22.6 Å². The first kappa shape index (κ1) is 23.7. The summed E-state index contributed by atoms with van der Waals surface area (Å²) in [6, 6.07) is 15.8. The maximum atomic E-state index is 12.9. The Labute approximate surface area is 196 Å². The highest BCUT2D eigenvalue weighted by Gasteiger charge is 2.31. The van der Waals surface area contributed by atoms with Crippen molar-refractivity contribution in [2.24, 2.45) is 0 Å². The number of halogens is 4. The zero-order chi connectivity index (χ0) is 24.3. The lowest BCUT2D eigenvalue weighted by Gasteiger charge is -2.16. The number of alkyl halides is 3. The molecule has 7 nitrogen and oxygen atoms in total. The zero-order valence-electron chi connectivity index (χ0n) is 17.8. The van der Waals surface area contributed by atoms with Crippen molar-refractivity contribution in [3.63, 3.8) is 0 Å². The fourth-order valence-corrected chi connectivity index (χ4v) is 3.48. The lowest BCUT2D eigenvalue weighted by atomic mass is 10.1. The van der Waals surface area contributed by atoms with E-state index in [9.17, 15) is 18.0 Å². The molecule has 0 saturated carbocycles. The van der Waals surface area contributed by atoms with Gasteiger partial charge in [-0.2, -0.15) is 0 Å². The first-order chi connectivity index (χ1) is 16.2. The molecule has 34 heavy (non-hydrogen) atoms. The molecule has 178 valence electrons. The Morgan fingerprint density at radius 3 is 2.41 bits per heavy atom. The third-order valence-electron chi connectivity index (χ3n) is 4.97. The third-order valence-corrected chi connectivity index (χ3v) is 5.28. The highest BCUT2D eigenvalue weighted by atomic mass is 35.5. The molecule has 2 aromatic carbocycles. The smallest absolute Gasteiger partial charge is 0.489 e. The number of methoxy groups -OCH3 is 1. The van der Waals surface area contributed by atoms with Crippen molar-refractivity contribution in [1.29, 1.82) is 0 Å². The van der Waals surface area contributed by atoms with Gasteiger partial charge < -0.3 is 14.2 Å². The fraction of sp³-hybridized carbons (Fsp3) is 0.217. The maximum absolute atomic E-state index is 12.9. The van der Waals surface area contributed by atoms with Crippen LogP contribution in [0, 0.1) is 0 Å². The van der Waals surface area contributed by atoms with Gasteiger partial charge in [0.1, 0.15) is 24.2 Å². The van der Waals surface area contributed by atoms with E-state index in [0.717, 1.165) is 0 Å². The van der Waals surface area contributed by atoms with Gasteiger partial charge >= 0.3 is 12.1 Å². The minimum Gasteiger partial charge on any atom is -0.489 e. The molecule has 2 heterocycles. The Morgan fingerprint density at radius 1 is 1.03 bits per heavy atom. The highest BCUT2D eigenvalue weighted by Crippen LogP contribution is 2.27. The Hall–Kier alpha value is -3.50. The molecule has 0 aliphatic rings. The lowest BCUT2D eigenvalue weighted by Crippen LogP contribution is -2.32. The molecule has 2 aromatic heterocycles. The molecule has 0 aliphatic carbocycles. The van der Waals surface area contributed by atoms with E-state index in [1.807, 2.05) is 0 Å². The quantitative estimate of drug-likeness (QED) is 0.352. The van der Waals surface area contributed by atoms with E-state index in [1.54, 1.807) is 42.6 Å². The topological polar surface area (TPSA) is 67.0 Å². The molecular weight excluding hydrogens is 475 g/mol. The summed E-state index contributed by atoms with van der Waals surface area (Å²) in [7, 11) is 1.51. The molecule has 0 saturated heterocycles. The number of pyridine rings is 1. The normalized spacial score (nSPS) is 12.6. The molecule has 0 fully saturated rings.